The second-order valence-electron chi connectivity index (χ2n) is 7.79. The molecule has 1 atom stereocenters. The Morgan fingerprint density at radius 1 is 0.947 bits per heavy atom. The molecule has 0 saturated heterocycles. The lowest BCUT2D eigenvalue weighted by molar-refractivity contribution is -0.139. The van der Waals surface area contributed by atoms with Gasteiger partial charge in [-0.25, -0.2) is 4.39 Å². The average Bonchev–Trinajstić information content (AvgIpc) is 2.77. The van der Waals surface area contributed by atoms with E-state index in [0.717, 1.165) is 18.2 Å². The summed E-state index contributed by atoms with van der Waals surface area (Å²) in [6.07, 6.45) is -14.5. The molecule has 1 N–H and O–H groups in total. The van der Waals surface area contributed by atoms with Crippen LogP contribution in [-0.2, 0) is 6.18 Å². The van der Waals surface area contributed by atoms with Gasteiger partial charge in [0.05, 0.1) is 26.5 Å². The van der Waals surface area contributed by atoms with Crippen LogP contribution in [0.2, 0.25) is 10.0 Å². The van der Waals surface area contributed by atoms with Gasteiger partial charge in [0.1, 0.15) is 6.54 Å². The topological polar surface area (TPSA) is 29.1 Å². The Labute approximate surface area is 224 Å². The van der Waals surface area contributed by atoms with E-state index in [1.807, 2.05) is 5.32 Å². The molecular weight excluding hydrogens is 599 g/mol. The molecule has 0 amide bonds. The molecule has 0 aliphatic carbocycles. The maximum atomic E-state index is 13.6. The monoisotopic (exact) mass is 613 g/mol. The second kappa shape index (κ2) is 12.2. The van der Waals surface area contributed by atoms with E-state index in [9.17, 15) is 48.7 Å². The van der Waals surface area contributed by atoms with Crippen molar-refractivity contribution in [2.75, 3.05) is 6.54 Å². The van der Waals surface area contributed by atoms with Crippen molar-refractivity contribution < 1.29 is 48.7 Å². The van der Waals surface area contributed by atoms with E-state index in [0.29, 0.717) is 24.3 Å². The highest BCUT2D eigenvalue weighted by atomic mass is 35.5. The van der Waals surface area contributed by atoms with Gasteiger partial charge >= 0.3 is 18.5 Å². The number of benzene rings is 2. The molecule has 2 aromatic rings. The Morgan fingerprint density at radius 2 is 1.53 bits per heavy atom. The molecule has 2 aromatic carbocycles. The number of hydrogen-bond donors (Lipinski definition) is 1. The fraction of sp³-hybridized carbons (Fsp3) is 0.304. The van der Waals surface area contributed by atoms with Crippen LogP contribution in [0.3, 0.4) is 0 Å². The summed E-state index contributed by atoms with van der Waals surface area (Å²) in [6, 6.07) is 3.51. The highest BCUT2D eigenvalue weighted by Crippen LogP contribution is 2.40. The van der Waals surface area contributed by atoms with Crippen molar-refractivity contribution in [2.24, 2.45) is 0 Å². The molecule has 1 unspecified atom stereocenters. The molecule has 15 heteroatoms. The first-order valence-electron chi connectivity index (χ1n) is 10.3. The van der Waals surface area contributed by atoms with E-state index < -0.39 is 82.2 Å². The zero-order valence-corrected chi connectivity index (χ0v) is 20.9. The molecule has 0 heterocycles. The number of ketones is 1. The number of thiocarbonyl (C=S) groups is 1. The van der Waals surface area contributed by atoms with Gasteiger partial charge in [-0.2, -0.15) is 39.5 Å². The Morgan fingerprint density at radius 3 is 2.03 bits per heavy atom. The number of Topliss-reactive ketones (excluding diaryl/α,β-unsaturated/α-hetero) is 1. The number of rotatable bonds is 8. The quantitative estimate of drug-likeness (QED) is 0.139. The fourth-order valence-corrected chi connectivity index (χ4v) is 3.84. The van der Waals surface area contributed by atoms with E-state index in [4.69, 9.17) is 23.2 Å². The van der Waals surface area contributed by atoms with E-state index in [2.05, 4.69) is 12.2 Å². The maximum absolute atomic E-state index is 13.6. The summed E-state index contributed by atoms with van der Waals surface area (Å²) in [4.78, 5) is 12.0. The number of carbonyl (C=O) groups is 1. The van der Waals surface area contributed by atoms with Crippen molar-refractivity contribution >= 4 is 52.3 Å². The molecule has 0 aliphatic heterocycles. The molecule has 0 radical (unpaired) electrons. The van der Waals surface area contributed by atoms with E-state index >= 15 is 0 Å². The van der Waals surface area contributed by atoms with E-state index in [-0.39, 0.29) is 10.6 Å². The first kappa shape index (κ1) is 31.8. The number of carbonyl (C=O) groups excluding carboxylic acids is 1. The summed E-state index contributed by atoms with van der Waals surface area (Å²) >= 11 is 15.8. The zero-order chi connectivity index (χ0) is 29.1. The third-order valence-corrected chi connectivity index (χ3v) is 5.81. The maximum Gasteiger partial charge on any atom is 0.417 e. The van der Waals surface area contributed by atoms with Gasteiger partial charge in [0, 0.05) is 18.4 Å². The van der Waals surface area contributed by atoms with Crippen LogP contribution < -0.4 is 5.32 Å². The largest absolute Gasteiger partial charge is 0.417 e. The fourth-order valence-electron chi connectivity index (χ4n) is 3.16. The van der Waals surface area contributed by atoms with Crippen LogP contribution in [0.15, 0.2) is 36.4 Å². The number of allylic oxidation sites excluding steroid dienone is 1. The van der Waals surface area contributed by atoms with Crippen molar-refractivity contribution in [3.05, 3.63) is 74.5 Å². The molecule has 0 saturated carbocycles. The number of halogens is 12. The van der Waals surface area contributed by atoms with E-state index in [1.54, 1.807) is 0 Å². The first-order chi connectivity index (χ1) is 17.3. The standard InChI is InChI=1S/C23H15Cl2F10NOS/c24-16-8-12(9-17(25)20(16)26)14(22(30,31)32)4-2-11-1-3-13(15(7-11)23(33,34)35)18(37)5-6-19(38)36-10-21(27,28)29/h1-4,7-9,14H,5-6,10H2,(H,36,38)/b4-2+. The van der Waals surface area contributed by atoms with Gasteiger partial charge in [-0.05, 0) is 29.3 Å². The lowest BCUT2D eigenvalue weighted by Gasteiger charge is -2.18. The van der Waals surface area contributed by atoms with Crippen LogP contribution in [0.4, 0.5) is 43.9 Å². The van der Waals surface area contributed by atoms with Crippen molar-refractivity contribution in [3.8, 4) is 0 Å². The van der Waals surface area contributed by atoms with Gasteiger partial charge in [-0.1, -0.05) is 59.7 Å². The van der Waals surface area contributed by atoms with Crippen LogP contribution in [0, 0.1) is 5.82 Å². The Bertz CT molecular complexity index is 1200. The summed E-state index contributed by atoms with van der Waals surface area (Å²) in [7, 11) is 0. The van der Waals surface area contributed by atoms with Crippen LogP contribution in [0.5, 0.6) is 0 Å². The van der Waals surface area contributed by atoms with Gasteiger partial charge in [-0.3, -0.25) is 4.79 Å². The Kier molecular flexibility index (Phi) is 10.2. The van der Waals surface area contributed by atoms with Crippen molar-refractivity contribution in [3.63, 3.8) is 0 Å². The highest BCUT2D eigenvalue weighted by Gasteiger charge is 2.40. The number of nitrogens with one attached hydrogen (secondary N) is 1. The molecule has 208 valence electrons. The van der Waals surface area contributed by atoms with Gasteiger partial charge in [0.25, 0.3) is 0 Å². The SMILES string of the molecule is O=C(CCC(=S)NCC(F)(F)F)c1ccc(/C=C/C(c2cc(Cl)c(F)c(Cl)c2)C(F)(F)F)cc1C(F)(F)F. The van der Waals surface area contributed by atoms with Crippen molar-refractivity contribution in [1.82, 2.24) is 5.32 Å². The molecule has 0 fully saturated rings. The minimum Gasteiger partial charge on any atom is -0.371 e. The van der Waals surface area contributed by atoms with Crippen molar-refractivity contribution in [2.45, 2.75) is 37.3 Å². The predicted octanol–water partition coefficient (Wildman–Crippen LogP) is 8.95. The van der Waals surface area contributed by atoms with Gasteiger partial charge in [0.2, 0.25) is 0 Å². The predicted molar refractivity (Wildman–Crippen MR) is 126 cm³/mol. The molecule has 0 aromatic heterocycles. The molecule has 0 aliphatic rings. The highest BCUT2D eigenvalue weighted by molar-refractivity contribution is 7.80. The van der Waals surface area contributed by atoms with Gasteiger partial charge < -0.3 is 5.32 Å². The molecule has 38 heavy (non-hydrogen) atoms. The van der Waals surface area contributed by atoms with Gasteiger partial charge in [-0.15, -0.1) is 0 Å². The Hall–Kier alpha value is -2.38. The molecule has 2 rings (SSSR count). The van der Waals surface area contributed by atoms with Crippen LogP contribution in [0.25, 0.3) is 6.08 Å². The lowest BCUT2D eigenvalue weighted by Crippen LogP contribution is -2.32. The second-order valence-corrected chi connectivity index (χ2v) is 9.10. The summed E-state index contributed by atoms with van der Waals surface area (Å²) in [5.74, 6) is -4.65. The van der Waals surface area contributed by atoms with Crippen LogP contribution >= 0.6 is 35.4 Å². The van der Waals surface area contributed by atoms with Crippen LogP contribution in [-0.4, -0.2) is 29.7 Å². The average molecular weight is 614 g/mol. The smallest absolute Gasteiger partial charge is 0.371 e. The summed E-state index contributed by atoms with van der Waals surface area (Å²) in [6.45, 7) is -1.48. The molecule has 0 bridgehead atoms. The minimum absolute atomic E-state index is 0.357. The van der Waals surface area contributed by atoms with Crippen LogP contribution in [0.1, 0.15) is 45.8 Å². The van der Waals surface area contributed by atoms with Gasteiger partial charge in [0.15, 0.2) is 11.6 Å². The summed E-state index contributed by atoms with van der Waals surface area (Å²) in [5, 5.41) is 0.461. The normalized spacial score (nSPS) is 13.6. The summed E-state index contributed by atoms with van der Waals surface area (Å²) in [5.41, 5.74) is -3.22. The third kappa shape index (κ3) is 9.12. The Balaban J connectivity index is 2.33. The number of alkyl halides is 9. The van der Waals surface area contributed by atoms with E-state index in [1.165, 1.54) is 0 Å². The molecule has 2 nitrogen and oxygen atoms in total. The first-order valence-corrected chi connectivity index (χ1v) is 11.4. The zero-order valence-electron chi connectivity index (χ0n) is 18.6. The minimum atomic E-state index is -5.09. The lowest BCUT2D eigenvalue weighted by atomic mass is 9.95. The molecule has 0 spiro atoms. The number of hydrogen-bond acceptors (Lipinski definition) is 2. The third-order valence-electron chi connectivity index (χ3n) is 4.91. The van der Waals surface area contributed by atoms with Crippen molar-refractivity contribution in [1.29, 1.82) is 0 Å². The molecular formula is C23H15Cl2F10NOS. The summed E-state index contributed by atoms with van der Waals surface area (Å²) < 4.78 is 132.